The Morgan fingerprint density at radius 2 is 2.14 bits per heavy atom. The smallest absolute Gasteiger partial charge is 0.243 e. The number of rotatable bonds is 2. The van der Waals surface area contributed by atoms with Crippen LogP contribution in [0.4, 0.5) is 0 Å². The molecule has 5 heteroatoms. The Balaban J connectivity index is 0.000000750. The lowest BCUT2D eigenvalue weighted by molar-refractivity contribution is 0.341. The number of nitrogens with one attached hydrogen (secondary N) is 1. The van der Waals surface area contributed by atoms with Gasteiger partial charge in [-0.15, -0.1) is 12.4 Å². The molecule has 1 aliphatic carbocycles. The van der Waals surface area contributed by atoms with Crippen LogP contribution >= 0.6 is 12.4 Å². The summed E-state index contributed by atoms with van der Waals surface area (Å²) in [7, 11) is 0. The monoisotopic (exact) mass is 215 g/mol. The van der Waals surface area contributed by atoms with Crippen LogP contribution in [0.2, 0.25) is 0 Å². The molecule has 1 saturated heterocycles. The van der Waals surface area contributed by atoms with Gasteiger partial charge in [-0.25, -0.2) is 0 Å². The first-order valence-corrected chi connectivity index (χ1v) is 5.00. The van der Waals surface area contributed by atoms with Gasteiger partial charge in [0.2, 0.25) is 5.89 Å². The minimum atomic E-state index is 0. The molecule has 0 amide bonds. The summed E-state index contributed by atoms with van der Waals surface area (Å²) in [5, 5.41) is 7.35. The Morgan fingerprint density at radius 3 is 2.79 bits per heavy atom. The van der Waals surface area contributed by atoms with Crippen molar-refractivity contribution in [2.45, 2.75) is 37.6 Å². The quantitative estimate of drug-likeness (QED) is 0.818. The predicted molar refractivity (Wildman–Crippen MR) is 53.5 cm³/mol. The molecule has 1 unspecified atom stereocenters. The Hall–Kier alpha value is -0.610. The number of hydrogen-bond donors (Lipinski definition) is 1. The first kappa shape index (κ1) is 9.93. The predicted octanol–water partition coefficient (Wildman–Crippen LogP) is 1.79. The second kappa shape index (κ2) is 3.87. The summed E-state index contributed by atoms with van der Waals surface area (Å²) in [5.41, 5.74) is 0. The molecule has 0 spiro atoms. The van der Waals surface area contributed by atoms with Crippen LogP contribution in [0.3, 0.4) is 0 Å². The molecule has 2 fully saturated rings. The summed E-state index contributed by atoms with van der Waals surface area (Å²) in [6, 6.07) is 0.319. The lowest BCUT2D eigenvalue weighted by Crippen LogP contribution is -2.13. The maximum atomic E-state index is 5.23. The van der Waals surface area contributed by atoms with Gasteiger partial charge in [-0.3, -0.25) is 0 Å². The molecule has 78 valence electrons. The molecule has 0 radical (unpaired) electrons. The molecular formula is C9H14ClN3O. The van der Waals surface area contributed by atoms with Crippen molar-refractivity contribution < 1.29 is 4.52 Å². The van der Waals surface area contributed by atoms with Gasteiger partial charge in [0, 0.05) is 5.92 Å². The van der Waals surface area contributed by atoms with E-state index in [0.29, 0.717) is 12.0 Å². The van der Waals surface area contributed by atoms with Crippen LogP contribution in [-0.2, 0) is 0 Å². The first-order chi connectivity index (χ1) is 6.43. The maximum absolute atomic E-state index is 5.23. The van der Waals surface area contributed by atoms with Gasteiger partial charge >= 0.3 is 0 Å². The average Bonchev–Trinajstić information content (AvgIpc) is 2.72. The van der Waals surface area contributed by atoms with Gasteiger partial charge in [-0.1, -0.05) is 5.16 Å². The summed E-state index contributed by atoms with van der Waals surface area (Å²) in [6.45, 7) is 1.08. The van der Waals surface area contributed by atoms with Gasteiger partial charge in [0.15, 0.2) is 5.82 Å². The third kappa shape index (κ3) is 1.77. The fourth-order valence-electron chi connectivity index (χ4n) is 1.79. The largest absolute Gasteiger partial charge is 0.338 e. The van der Waals surface area contributed by atoms with Gasteiger partial charge in [0.25, 0.3) is 0 Å². The van der Waals surface area contributed by atoms with Crippen molar-refractivity contribution in [3.63, 3.8) is 0 Å². The zero-order chi connectivity index (χ0) is 8.67. The fraction of sp³-hybridized carbons (Fsp3) is 0.778. The maximum Gasteiger partial charge on any atom is 0.243 e. The topological polar surface area (TPSA) is 51.0 Å². The van der Waals surface area contributed by atoms with Gasteiger partial charge in [-0.2, -0.15) is 4.98 Å². The molecule has 0 aromatic carbocycles. The van der Waals surface area contributed by atoms with E-state index in [0.717, 1.165) is 24.7 Å². The summed E-state index contributed by atoms with van der Waals surface area (Å²) >= 11 is 0. The van der Waals surface area contributed by atoms with Crippen molar-refractivity contribution in [2.24, 2.45) is 0 Å². The van der Waals surface area contributed by atoms with Crippen LogP contribution in [0, 0.1) is 0 Å². The third-order valence-corrected chi connectivity index (χ3v) is 2.76. The standard InChI is InChI=1S/C9H13N3O.ClH/c1-2-7(10-5-1)9-11-8(12-13-9)6-3-4-6;/h6-7,10H,1-5H2;1H. The molecule has 1 atom stereocenters. The molecule has 3 rings (SSSR count). The first-order valence-electron chi connectivity index (χ1n) is 5.00. The number of halogens is 1. The highest BCUT2D eigenvalue weighted by Crippen LogP contribution is 2.38. The molecule has 0 bridgehead atoms. The highest BCUT2D eigenvalue weighted by atomic mass is 35.5. The van der Waals surface area contributed by atoms with E-state index in [4.69, 9.17) is 4.52 Å². The lowest BCUT2D eigenvalue weighted by atomic mass is 10.2. The Kier molecular flexibility index (Phi) is 2.74. The van der Waals surface area contributed by atoms with Crippen LogP contribution in [0.1, 0.15) is 49.4 Å². The Bertz CT molecular complexity index is 305. The van der Waals surface area contributed by atoms with E-state index < -0.39 is 0 Å². The van der Waals surface area contributed by atoms with Crippen molar-refractivity contribution in [2.75, 3.05) is 6.54 Å². The highest BCUT2D eigenvalue weighted by Gasteiger charge is 2.30. The molecular weight excluding hydrogens is 202 g/mol. The molecule has 4 nitrogen and oxygen atoms in total. The number of aromatic nitrogens is 2. The van der Waals surface area contributed by atoms with Gasteiger partial charge in [-0.05, 0) is 32.2 Å². The van der Waals surface area contributed by atoms with Crippen LogP contribution < -0.4 is 5.32 Å². The average molecular weight is 216 g/mol. The SMILES string of the molecule is C1CNC(c2nc(C3CC3)no2)C1.Cl. The van der Waals surface area contributed by atoms with Crippen LogP contribution in [0.5, 0.6) is 0 Å². The van der Waals surface area contributed by atoms with E-state index in [1.807, 2.05) is 0 Å². The van der Waals surface area contributed by atoms with E-state index >= 15 is 0 Å². The fourth-order valence-corrected chi connectivity index (χ4v) is 1.79. The van der Waals surface area contributed by atoms with E-state index in [-0.39, 0.29) is 12.4 Å². The lowest BCUT2D eigenvalue weighted by Gasteiger charge is -2.01. The van der Waals surface area contributed by atoms with Crippen molar-refractivity contribution in [3.8, 4) is 0 Å². The molecule has 2 heterocycles. The van der Waals surface area contributed by atoms with E-state index in [9.17, 15) is 0 Å². The van der Waals surface area contributed by atoms with Crippen LogP contribution in [0.25, 0.3) is 0 Å². The van der Waals surface area contributed by atoms with Crippen LogP contribution in [0.15, 0.2) is 4.52 Å². The van der Waals surface area contributed by atoms with Crippen molar-refractivity contribution in [3.05, 3.63) is 11.7 Å². The highest BCUT2D eigenvalue weighted by molar-refractivity contribution is 5.85. The molecule has 1 saturated carbocycles. The second-order valence-electron chi connectivity index (χ2n) is 3.91. The van der Waals surface area contributed by atoms with E-state index in [1.165, 1.54) is 19.3 Å². The summed E-state index contributed by atoms with van der Waals surface area (Å²) in [5.74, 6) is 2.31. The molecule has 1 aromatic rings. The van der Waals surface area contributed by atoms with Crippen molar-refractivity contribution >= 4 is 12.4 Å². The number of hydrogen-bond acceptors (Lipinski definition) is 4. The summed E-state index contributed by atoms with van der Waals surface area (Å²) < 4.78 is 5.23. The molecule has 1 aromatic heterocycles. The zero-order valence-electron chi connectivity index (χ0n) is 7.90. The van der Waals surface area contributed by atoms with Crippen molar-refractivity contribution in [1.82, 2.24) is 15.5 Å². The normalized spacial score (nSPS) is 26.1. The van der Waals surface area contributed by atoms with Crippen LogP contribution in [-0.4, -0.2) is 16.7 Å². The third-order valence-electron chi connectivity index (χ3n) is 2.76. The molecule has 2 aliphatic rings. The van der Waals surface area contributed by atoms with Gasteiger partial charge in [0.05, 0.1) is 6.04 Å². The van der Waals surface area contributed by atoms with E-state index in [1.54, 1.807) is 0 Å². The minimum absolute atomic E-state index is 0. The molecule has 1 N–H and O–H groups in total. The minimum Gasteiger partial charge on any atom is -0.338 e. The summed E-state index contributed by atoms with van der Waals surface area (Å²) in [6.07, 6.45) is 4.81. The second-order valence-corrected chi connectivity index (χ2v) is 3.91. The number of nitrogens with zero attached hydrogens (tertiary/aromatic N) is 2. The van der Waals surface area contributed by atoms with Gasteiger partial charge in [0.1, 0.15) is 0 Å². The molecule has 1 aliphatic heterocycles. The van der Waals surface area contributed by atoms with E-state index in [2.05, 4.69) is 15.5 Å². The summed E-state index contributed by atoms with van der Waals surface area (Å²) in [4.78, 5) is 4.41. The Morgan fingerprint density at radius 1 is 1.29 bits per heavy atom. The van der Waals surface area contributed by atoms with Crippen molar-refractivity contribution in [1.29, 1.82) is 0 Å². The zero-order valence-corrected chi connectivity index (χ0v) is 8.72. The van der Waals surface area contributed by atoms with Gasteiger partial charge < -0.3 is 9.84 Å². The molecule has 14 heavy (non-hydrogen) atoms. The Labute approximate surface area is 88.9 Å².